The first-order chi connectivity index (χ1) is 9.80. The van der Waals surface area contributed by atoms with Crippen LogP contribution in [0.2, 0.25) is 0 Å². The lowest BCUT2D eigenvalue weighted by Crippen LogP contribution is -2.05. The molecule has 2 aromatic carbocycles. The summed E-state index contributed by atoms with van der Waals surface area (Å²) in [5.74, 6) is 0.944. The Morgan fingerprint density at radius 2 is 1.90 bits per heavy atom. The molecule has 0 spiro atoms. The van der Waals surface area contributed by atoms with Gasteiger partial charge in [-0.25, -0.2) is 0 Å². The van der Waals surface area contributed by atoms with Crippen LogP contribution in [-0.2, 0) is 12.8 Å². The third kappa shape index (κ3) is 2.51. The molecule has 2 nitrogen and oxygen atoms in total. The van der Waals surface area contributed by atoms with Crippen molar-refractivity contribution >= 4 is 5.69 Å². The van der Waals surface area contributed by atoms with E-state index in [-0.39, 0.29) is 0 Å². The molecule has 1 N–H and O–H groups in total. The predicted molar refractivity (Wildman–Crippen MR) is 83.5 cm³/mol. The zero-order valence-electron chi connectivity index (χ0n) is 12.1. The number of rotatable bonds is 4. The highest BCUT2D eigenvalue weighted by atomic mass is 16.5. The van der Waals surface area contributed by atoms with Gasteiger partial charge < -0.3 is 10.1 Å². The fourth-order valence-electron chi connectivity index (χ4n) is 2.80. The van der Waals surface area contributed by atoms with Crippen molar-refractivity contribution in [2.45, 2.75) is 32.7 Å². The van der Waals surface area contributed by atoms with E-state index in [4.69, 9.17) is 4.74 Å². The third-order valence-electron chi connectivity index (χ3n) is 3.93. The van der Waals surface area contributed by atoms with Gasteiger partial charge in [-0.05, 0) is 54.7 Å². The van der Waals surface area contributed by atoms with E-state index in [1.165, 1.54) is 22.4 Å². The van der Waals surface area contributed by atoms with Crippen LogP contribution >= 0.6 is 0 Å². The number of hydrogen-bond acceptors (Lipinski definition) is 2. The quantitative estimate of drug-likeness (QED) is 0.888. The lowest BCUT2D eigenvalue weighted by Gasteiger charge is -2.12. The van der Waals surface area contributed by atoms with E-state index in [1.807, 2.05) is 6.92 Å². The molecule has 1 aliphatic heterocycles. The van der Waals surface area contributed by atoms with Crippen LogP contribution in [0.1, 0.15) is 36.6 Å². The summed E-state index contributed by atoms with van der Waals surface area (Å²) in [6, 6.07) is 15.6. The second kappa shape index (κ2) is 5.58. The Morgan fingerprint density at radius 3 is 2.60 bits per heavy atom. The van der Waals surface area contributed by atoms with Gasteiger partial charge in [0.1, 0.15) is 5.75 Å². The van der Waals surface area contributed by atoms with Crippen LogP contribution in [0.4, 0.5) is 5.69 Å². The van der Waals surface area contributed by atoms with Crippen molar-refractivity contribution in [2.75, 3.05) is 11.9 Å². The van der Waals surface area contributed by atoms with Crippen LogP contribution in [0.25, 0.3) is 0 Å². The van der Waals surface area contributed by atoms with E-state index in [1.54, 1.807) is 0 Å². The highest BCUT2D eigenvalue weighted by molar-refractivity contribution is 5.59. The maximum absolute atomic E-state index is 5.50. The second-order valence-electron chi connectivity index (χ2n) is 5.25. The number of ether oxygens (including phenoxy) is 1. The zero-order chi connectivity index (χ0) is 13.9. The largest absolute Gasteiger partial charge is 0.494 e. The van der Waals surface area contributed by atoms with Gasteiger partial charge in [-0.2, -0.15) is 0 Å². The summed E-state index contributed by atoms with van der Waals surface area (Å²) in [7, 11) is 0. The van der Waals surface area contributed by atoms with Gasteiger partial charge in [0.2, 0.25) is 0 Å². The molecule has 20 heavy (non-hydrogen) atoms. The van der Waals surface area contributed by atoms with Crippen molar-refractivity contribution in [3.05, 3.63) is 59.2 Å². The molecule has 1 heterocycles. The van der Waals surface area contributed by atoms with Crippen molar-refractivity contribution in [1.29, 1.82) is 0 Å². The van der Waals surface area contributed by atoms with Gasteiger partial charge in [-0.1, -0.05) is 31.2 Å². The number of anilines is 1. The minimum Gasteiger partial charge on any atom is -0.494 e. The first-order valence-electron chi connectivity index (χ1n) is 7.41. The van der Waals surface area contributed by atoms with E-state index < -0.39 is 0 Å². The summed E-state index contributed by atoms with van der Waals surface area (Å²) < 4.78 is 5.50. The van der Waals surface area contributed by atoms with Crippen LogP contribution in [0.3, 0.4) is 0 Å². The van der Waals surface area contributed by atoms with E-state index >= 15 is 0 Å². The average molecular weight is 267 g/mol. The Hall–Kier alpha value is -1.96. The molecule has 0 radical (unpaired) electrons. The minimum absolute atomic E-state index is 0.382. The summed E-state index contributed by atoms with van der Waals surface area (Å²) in [4.78, 5) is 0. The molecule has 0 aliphatic carbocycles. The van der Waals surface area contributed by atoms with Gasteiger partial charge in [-0.15, -0.1) is 0 Å². The number of nitrogens with one attached hydrogen (secondary N) is 1. The van der Waals surface area contributed by atoms with Crippen molar-refractivity contribution in [1.82, 2.24) is 0 Å². The molecule has 2 heteroatoms. The van der Waals surface area contributed by atoms with Crippen LogP contribution in [0.15, 0.2) is 42.5 Å². The first-order valence-corrected chi connectivity index (χ1v) is 7.41. The standard InChI is InChI=1S/C18H21NO/c1-3-13-5-10-17-15(11-13)12-18(19-17)14-6-8-16(9-7-14)20-4-2/h5-11,18-19H,3-4,12H2,1-2H3. The number of hydrogen-bond donors (Lipinski definition) is 1. The Labute approximate surface area is 120 Å². The highest BCUT2D eigenvalue weighted by Gasteiger charge is 2.21. The van der Waals surface area contributed by atoms with Gasteiger partial charge >= 0.3 is 0 Å². The molecule has 1 aliphatic rings. The molecule has 0 amide bonds. The molecule has 0 bridgehead atoms. The molecule has 0 fully saturated rings. The molecule has 3 rings (SSSR count). The summed E-state index contributed by atoms with van der Waals surface area (Å²) in [5, 5.41) is 3.61. The highest BCUT2D eigenvalue weighted by Crippen LogP contribution is 2.35. The number of benzene rings is 2. The monoisotopic (exact) mass is 267 g/mol. The summed E-state index contributed by atoms with van der Waals surface area (Å²) in [6.45, 7) is 4.93. The molecular weight excluding hydrogens is 246 g/mol. The van der Waals surface area contributed by atoms with Crippen molar-refractivity contribution in [3.63, 3.8) is 0 Å². The number of fused-ring (bicyclic) bond motifs is 1. The summed E-state index contributed by atoms with van der Waals surface area (Å²) >= 11 is 0. The van der Waals surface area contributed by atoms with Crippen LogP contribution < -0.4 is 10.1 Å². The smallest absolute Gasteiger partial charge is 0.119 e. The van der Waals surface area contributed by atoms with Crippen LogP contribution in [0.5, 0.6) is 5.75 Å². The maximum Gasteiger partial charge on any atom is 0.119 e. The lowest BCUT2D eigenvalue weighted by molar-refractivity contribution is 0.340. The van der Waals surface area contributed by atoms with Crippen molar-refractivity contribution in [2.24, 2.45) is 0 Å². The van der Waals surface area contributed by atoms with Gasteiger partial charge in [0, 0.05) is 5.69 Å². The molecule has 0 aromatic heterocycles. The van der Waals surface area contributed by atoms with Gasteiger partial charge in [0.25, 0.3) is 0 Å². The topological polar surface area (TPSA) is 21.3 Å². The van der Waals surface area contributed by atoms with Gasteiger partial charge in [0.15, 0.2) is 0 Å². The SMILES string of the molecule is CCOc1ccc(C2Cc3cc(CC)ccc3N2)cc1. The molecule has 2 aromatic rings. The fraction of sp³-hybridized carbons (Fsp3) is 0.333. The molecule has 0 saturated heterocycles. The predicted octanol–water partition coefficient (Wildman–Crippen LogP) is 4.36. The van der Waals surface area contributed by atoms with Gasteiger partial charge in [0.05, 0.1) is 12.6 Å². The van der Waals surface area contributed by atoms with Crippen molar-refractivity contribution < 1.29 is 4.74 Å². The van der Waals surface area contributed by atoms with E-state index in [9.17, 15) is 0 Å². The second-order valence-corrected chi connectivity index (χ2v) is 5.25. The molecule has 104 valence electrons. The number of aryl methyl sites for hydroxylation is 1. The van der Waals surface area contributed by atoms with Crippen LogP contribution in [-0.4, -0.2) is 6.61 Å². The average Bonchev–Trinajstić information content (AvgIpc) is 2.91. The van der Waals surface area contributed by atoms with Crippen molar-refractivity contribution in [3.8, 4) is 5.75 Å². The Bertz CT molecular complexity index is 589. The normalized spacial score (nSPS) is 16.6. The molecule has 1 atom stereocenters. The molecule has 0 saturated carbocycles. The van der Waals surface area contributed by atoms with E-state index in [0.717, 1.165) is 18.6 Å². The fourth-order valence-corrected chi connectivity index (χ4v) is 2.80. The maximum atomic E-state index is 5.50. The zero-order valence-corrected chi connectivity index (χ0v) is 12.1. The lowest BCUT2D eigenvalue weighted by atomic mass is 10.0. The molecule has 1 unspecified atom stereocenters. The van der Waals surface area contributed by atoms with E-state index in [2.05, 4.69) is 54.7 Å². The summed E-state index contributed by atoms with van der Waals surface area (Å²) in [6.07, 6.45) is 2.16. The first kappa shape index (κ1) is 13.0. The summed E-state index contributed by atoms with van der Waals surface area (Å²) in [5.41, 5.74) is 5.45. The Kier molecular flexibility index (Phi) is 3.64. The minimum atomic E-state index is 0.382. The van der Waals surface area contributed by atoms with E-state index in [0.29, 0.717) is 12.6 Å². The van der Waals surface area contributed by atoms with Gasteiger partial charge in [-0.3, -0.25) is 0 Å². The third-order valence-corrected chi connectivity index (χ3v) is 3.93. The van der Waals surface area contributed by atoms with Crippen LogP contribution in [0, 0.1) is 0 Å². The Morgan fingerprint density at radius 1 is 1.10 bits per heavy atom. The molecular formula is C18H21NO. The Balaban J connectivity index is 1.77.